The number of carbonyl (C=O) groups excluding carboxylic acids is 1. The van der Waals surface area contributed by atoms with Gasteiger partial charge in [-0.2, -0.15) is 0 Å². The molecule has 2 aromatic rings. The topological polar surface area (TPSA) is 58.1 Å². The van der Waals surface area contributed by atoms with Gasteiger partial charge in [0.25, 0.3) is 5.56 Å². The summed E-state index contributed by atoms with van der Waals surface area (Å²) in [4.78, 5) is 30.5. The number of fused-ring (bicyclic) bond motifs is 1. The molecule has 0 radical (unpaired) electrons. The predicted octanol–water partition coefficient (Wildman–Crippen LogP) is 3.02. The zero-order valence-corrected chi connectivity index (χ0v) is 14.3. The van der Waals surface area contributed by atoms with Gasteiger partial charge in [-0.15, -0.1) is 0 Å². The maximum Gasteiger partial charge on any atom is 0.262 e. The van der Waals surface area contributed by atoms with Crippen LogP contribution in [-0.2, 0) is 4.79 Å². The normalized spacial score (nSPS) is 21.7. The van der Waals surface area contributed by atoms with Gasteiger partial charge in [-0.05, 0) is 43.6 Å². The van der Waals surface area contributed by atoms with E-state index in [0.717, 1.165) is 37.6 Å². The van der Waals surface area contributed by atoms with Crippen molar-refractivity contribution in [1.29, 1.82) is 0 Å². The van der Waals surface area contributed by atoms with E-state index in [-0.39, 0.29) is 23.4 Å². The maximum absolute atomic E-state index is 12.8. The molecular weight excluding hydrogens is 322 g/mol. The van der Waals surface area contributed by atoms with Gasteiger partial charge in [-0.1, -0.05) is 25.0 Å². The van der Waals surface area contributed by atoms with Crippen molar-refractivity contribution < 1.29 is 4.79 Å². The molecule has 4 rings (SSSR count). The Morgan fingerprint density at radius 2 is 1.92 bits per heavy atom. The van der Waals surface area contributed by atoms with Crippen LogP contribution in [0, 0.1) is 10.7 Å². The Morgan fingerprint density at radius 3 is 2.71 bits per heavy atom. The Kier molecular flexibility index (Phi) is 4.00. The molecule has 1 saturated heterocycles. The highest BCUT2D eigenvalue weighted by atomic mass is 32.1. The molecular formula is C18H21N3O2S. The van der Waals surface area contributed by atoms with Crippen LogP contribution >= 0.6 is 12.2 Å². The highest BCUT2D eigenvalue weighted by Gasteiger charge is 2.33. The number of benzene rings is 1. The number of H-pyrrole nitrogens is 1. The van der Waals surface area contributed by atoms with E-state index in [2.05, 4.69) is 4.98 Å². The molecule has 0 spiro atoms. The Morgan fingerprint density at radius 1 is 1.17 bits per heavy atom. The van der Waals surface area contributed by atoms with Gasteiger partial charge in [0, 0.05) is 19.0 Å². The number of carbonyl (C=O) groups is 1. The van der Waals surface area contributed by atoms with Crippen molar-refractivity contribution in [2.24, 2.45) is 5.92 Å². The Labute approximate surface area is 145 Å². The second kappa shape index (κ2) is 6.16. The van der Waals surface area contributed by atoms with Gasteiger partial charge >= 0.3 is 0 Å². The lowest BCUT2D eigenvalue weighted by molar-refractivity contribution is -0.134. The summed E-state index contributed by atoms with van der Waals surface area (Å²) in [5, 5.41) is 0.645. The van der Waals surface area contributed by atoms with Crippen molar-refractivity contribution in [1.82, 2.24) is 14.5 Å². The molecule has 1 atom stereocenters. The molecule has 1 aliphatic heterocycles. The molecule has 5 nitrogen and oxygen atoms in total. The smallest absolute Gasteiger partial charge is 0.262 e. The summed E-state index contributed by atoms with van der Waals surface area (Å²) in [6.07, 6.45) is 5.12. The number of rotatable bonds is 2. The molecule has 0 bridgehead atoms. The molecule has 126 valence electrons. The molecule has 1 aromatic carbocycles. The van der Waals surface area contributed by atoms with Crippen LogP contribution in [0.25, 0.3) is 10.9 Å². The first-order valence-corrected chi connectivity index (χ1v) is 9.08. The zero-order chi connectivity index (χ0) is 16.7. The minimum atomic E-state index is -0.0606. The van der Waals surface area contributed by atoms with E-state index in [1.165, 1.54) is 0 Å². The quantitative estimate of drug-likeness (QED) is 0.853. The number of hydrogen-bond donors (Lipinski definition) is 1. The fraction of sp³-hybridized carbons (Fsp3) is 0.500. The van der Waals surface area contributed by atoms with Crippen LogP contribution in [0.2, 0.25) is 0 Å². The minimum Gasteiger partial charge on any atom is -0.340 e. The zero-order valence-electron chi connectivity index (χ0n) is 13.5. The third-order valence-corrected chi connectivity index (χ3v) is 5.68. The monoisotopic (exact) mass is 343 g/mol. The molecule has 2 heterocycles. The van der Waals surface area contributed by atoms with E-state index >= 15 is 0 Å². The van der Waals surface area contributed by atoms with Crippen LogP contribution in [-0.4, -0.2) is 33.4 Å². The fourth-order valence-electron chi connectivity index (χ4n) is 4.09. The van der Waals surface area contributed by atoms with Crippen LogP contribution < -0.4 is 5.56 Å². The van der Waals surface area contributed by atoms with Gasteiger partial charge in [0.2, 0.25) is 5.91 Å². The molecule has 1 aliphatic carbocycles. The van der Waals surface area contributed by atoms with Gasteiger partial charge in [-0.25, -0.2) is 0 Å². The van der Waals surface area contributed by atoms with Crippen molar-refractivity contribution in [2.45, 2.75) is 38.1 Å². The summed E-state index contributed by atoms with van der Waals surface area (Å²) in [7, 11) is 0. The van der Waals surface area contributed by atoms with Crippen molar-refractivity contribution in [3.8, 4) is 0 Å². The second-order valence-corrected chi connectivity index (χ2v) is 7.25. The summed E-state index contributed by atoms with van der Waals surface area (Å²) in [5.41, 5.74) is 0.704. The first-order valence-electron chi connectivity index (χ1n) is 8.67. The molecule has 2 fully saturated rings. The first kappa shape index (κ1) is 15.6. The average molecular weight is 343 g/mol. The summed E-state index contributed by atoms with van der Waals surface area (Å²) >= 11 is 5.42. The van der Waals surface area contributed by atoms with Crippen LogP contribution in [0.3, 0.4) is 0 Å². The lowest BCUT2D eigenvalue weighted by atomic mass is 10.1. The SMILES string of the molecule is O=C(C1CCCC1)N1CCC(n2c(=S)[nH]c3ccccc3c2=O)C1. The number of likely N-dealkylation sites (tertiary alicyclic amines) is 1. The Balaban J connectivity index is 1.63. The van der Waals surface area contributed by atoms with E-state index in [4.69, 9.17) is 12.2 Å². The first-order chi connectivity index (χ1) is 11.6. The van der Waals surface area contributed by atoms with Gasteiger partial charge in [0.15, 0.2) is 4.77 Å². The van der Waals surface area contributed by atoms with Crippen LogP contribution in [0.15, 0.2) is 29.1 Å². The molecule has 1 N–H and O–H groups in total. The minimum absolute atomic E-state index is 0.0313. The number of aromatic amines is 1. The van der Waals surface area contributed by atoms with Crippen LogP contribution in [0.1, 0.15) is 38.1 Å². The van der Waals surface area contributed by atoms with Crippen molar-refractivity contribution in [3.63, 3.8) is 0 Å². The van der Waals surface area contributed by atoms with E-state index in [1.54, 1.807) is 4.57 Å². The van der Waals surface area contributed by atoms with E-state index < -0.39 is 0 Å². The Hall–Kier alpha value is -1.95. The highest BCUT2D eigenvalue weighted by Crippen LogP contribution is 2.30. The molecule has 1 amide bonds. The molecule has 1 aromatic heterocycles. The number of aromatic nitrogens is 2. The number of nitrogens with one attached hydrogen (secondary N) is 1. The van der Waals surface area contributed by atoms with Crippen LogP contribution in [0.4, 0.5) is 0 Å². The number of para-hydroxylation sites is 1. The molecule has 2 aliphatic rings. The Bertz CT molecular complexity index is 895. The molecule has 6 heteroatoms. The molecule has 24 heavy (non-hydrogen) atoms. The van der Waals surface area contributed by atoms with E-state index in [0.29, 0.717) is 23.2 Å². The summed E-state index contributed by atoms with van der Waals surface area (Å²) in [6.45, 7) is 1.30. The highest BCUT2D eigenvalue weighted by molar-refractivity contribution is 7.71. The van der Waals surface area contributed by atoms with Crippen molar-refractivity contribution >= 4 is 29.0 Å². The number of nitrogens with zero attached hydrogens (tertiary/aromatic N) is 2. The molecule has 1 saturated carbocycles. The average Bonchev–Trinajstić information content (AvgIpc) is 3.26. The largest absolute Gasteiger partial charge is 0.340 e. The fourth-order valence-corrected chi connectivity index (χ4v) is 4.43. The van der Waals surface area contributed by atoms with E-state index in [9.17, 15) is 9.59 Å². The second-order valence-electron chi connectivity index (χ2n) is 6.86. The maximum atomic E-state index is 12.8. The standard InChI is InChI=1S/C18H21N3O2S/c22-16(12-5-1-2-6-12)20-10-9-13(11-20)21-17(23)14-7-3-4-8-15(14)19-18(21)24/h3-4,7-8,12-13H,1-2,5-6,9-11H2,(H,19,24). The third kappa shape index (κ3) is 2.59. The van der Waals surface area contributed by atoms with Crippen molar-refractivity contribution in [2.75, 3.05) is 13.1 Å². The van der Waals surface area contributed by atoms with Gasteiger partial charge in [0.05, 0.1) is 16.9 Å². The summed E-state index contributed by atoms with van der Waals surface area (Å²) in [6, 6.07) is 7.39. The van der Waals surface area contributed by atoms with E-state index in [1.807, 2.05) is 29.2 Å². The number of hydrogen-bond acceptors (Lipinski definition) is 3. The molecule has 1 unspecified atom stereocenters. The number of amides is 1. The van der Waals surface area contributed by atoms with Crippen LogP contribution in [0.5, 0.6) is 0 Å². The summed E-state index contributed by atoms with van der Waals surface area (Å²) in [5.74, 6) is 0.449. The van der Waals surface area contributed by atoms with Gasteiger partial charge in [-0.3, -0.25) is 14.2 Å². The predicted molar refractivity (Wildman–Crippen MR) is 95.6 cm³/mol. The lowest BCUT2D eigenvalue weighted by Gasteiger charge is -2.21. The van der Waals surface area contributed by atoms with Gasteiger partial charge in [0.1, 0.15) is 0 Å². The summed E-state index contributed by atoms with van der Waals surface area (Å²) < 4.78 is 2.11. The van der Waals surface area contributed by atoms with Gasteiger partial charge < -0.3 is 9.88 Å². The third-order valence-electron chi connectivity index (χ3n) is 5.38. The lowest BCUT2D eigenvalue weighted by Crippen LogP contribution is -2.35. The van der Waals surface area contributed by atoms with Crippen molar-refractivity contribution in [3.05, 3.63) is 39.4 Å².